The van der Waals surface area contributed by atoms with Crippen molar-refractivity contribution in [1.82, 2.24) is 30.1 Å². The van der Waals surface area contributed by atoms with E-state index in [1.165, 1.54) is 16.3 Å². The number of nitrogens with zero attached hydrogens (tertiary/aromatic N) is 5. The number of rotatable bonds is 11. The van der Waals surface area contributed by atoms with Crippen LogP contribution in [0.5, 0.6) is 0 Å². The number of carbonyl (C=O) groups is 4. The molecular formula is C35H40N8O5S. The van der Waals surface area contributed by atoms with Crippen molar-refractivity contribution in [3.05, 3.63) is 89.5 Å². The van der Waals surface area contributed by atoms with Gasteiger partial charge < -0.3 is 25.6 Å². The first-order valence-electron chi connectivity index (χ1n) is 16.3. The van der Waals surface area contributed by atoms with Gasteiger partial charge in [0.2, 0.25) is 11.8 Å². The molecule has 4 aromatic rings. The van der Waals surface area contributed by atoms with E-state index in [1.807, 2.05) is 67.6 Å². The summed E-state index contributed by atoms with van der Waals surface area (Å²) in [6.07, 6.45) is 0.879. The molecule has 3 heterocycles. The largest absolute Gasteiger partial charge is 0.444 e. The summed E-state index contributed by atoms with van der Waals surface area (Å²) >= 11 is 1.39. The van der Waals surface area contributed by atoms with Gasteiger partial charge in [-0.2, -0.15) is 5.01 Å². The summed E-state index contributed by atoms with van der Waals surface area (Å²) < 4.78 is 6.25. The standard InChI is InChI=1S/C35H40N8O5S/c1-3-4-17-37-34(46)40(2)42-21-30(44)43-27(18-23-13-15-26(16-14-23)38-35(47)48-22-24-9-6-5-7-10-24)32(45)41(20-29(42)43)19-25-11-8-12-28-31(25)39-33(36)49-28/h5-16,27,29H,3-4,17-22H2,1-2H3,(H2,36,39)(H,37,46)(H,38,47)/t27-,29+/m0/s1. The summed E-state index contributed by atoms with van der Waals surface area (Å²) in [6, 6.07) is 21.2. The van der Waals surface area contributed by atoms with Gasteiger partial charge in [0.25, 0.3) is 0 Å². The SMILES string of the molecule is CCCCNC(=O)N(C)N1CC(=O)N2[C@@H](Cc3ccc(NC(=O)OCc4ccccc4)cc3)C(=O)N(Cc3cccc4sc(N)nc34)C[C@@H]21. The normalized spacial score (nSPS) is 17.7. The number of para-hydroxylation sites is 1. The number of hydrazine groups is 1. The maximum atomic E-state index is 14.3. The molecule has 2 aliphatic rings. The van der Waals surface area contributed by atoms with Crippen molar-refractivity contribution < 1.29 is 23.9 Å². The number of ether oxygens (including phenoxy) is 1. The van der Waals surface area contributed by atoms with Gasteiger partial charge >= 0.3 is 12.1 Å². The molecule has 5 amide bonds. The van der Waals surface area contributed by atoms with Crippen LogP contribution in [0, 0.1) is 0 Å². The number of hydrogen-bond acceptors (Lipinski definition) is 9. The van der Waals surface area contributed by atoms with Crippen molar-refractivity contribution in [3.63, 3.8) is 0 Å². The van der Waals surface area contributed by atoms with E-state index >= 15 is 0 Å². The van der Waals surface area contributed by atoms with Crippen LogP contribution in [0.25, 0.3) is 10.2 Å². The molecule has 2 fully saturated rings. The molecule has 0 bridgehead atoms. The number of nitrogens with two attached hydrogens (primary N) is 1. The number of unbranched alkanes of at least 4 members (excludes halogenated alkanes) is 1. The fourth-order valence-corrected chi connectivity index (χ4v) is 7.02. The quantitative estimate of drug-likeness (QED) is 0.197. The van der Waals surface area contributed by atoms with Gasteiger partial charge in [-0.3, -0.25) is 19.9 Å². The van der Waals surface area contributed by atoms with E-state index < -0.39 is 18.3 Å². The molecule has 2 atom stereocenters. The predicted molar refractivity (Wildman–Crippen MR) is 187 cm³/mol. The Morgan fingerprint density at radius 2 is 1.82 bits per heavy atom. The zero-order valence-corrected chi connectivity index (χ0v) is 28.3. The number of hydrogen-bond donors (Lipinski definition) is 3. The first kappa shape index (κ1) is 33.7. The van der Waals surface area contributed by atoms with Crippen LogP contribution in [0.2, 0.25) is 0 Å². The fraction of sp³-hybridized carbons (Fsp3) is 0.343. The van der Waals surface area contributed by atoms with E-state index in [0.717, 1.165) is 39.7 Å². The van der Waals surface area contributed by atoms with E-state index in [-0.39, 0.29) is 50.5 Å². The Morgan fingerprint density at radius 3 is 2.57 bits per heavy atom. The van der Waals surface area contributed by atoms with Crippen molar-refractivity contribution in [3.8, 4) is 0 Å². The van der Waals surface area contributed by atoms with E-state index in [9.17, 15) is 19.2 Å². The number of thiazole rings is 1. The summed E-state index contributed by atoms with van der Waals surface area (Å²) in [6.45, 7) is 3.16. The van der Waals surface area contributed by atoms with Crippen LogP contribution >= 0.6 is 11.3 Å². The molecule has 0 saturated carbocycles. The molecule has 14 heteroatoms. The minimum Gasteiger partial charge on any atom is -0.444 e. The number of fused-ring (bicyclic) bond motifs is 2. The van der Waals surface area contributed by atoms with Gasteiger partial charge in [-0.25, -0.2) is 14.6 Å². The Balaban J connectivity index is 1.21. The van der Waals surface area contributed by atoms with Crippen LogP contribution < -0.4 is 16.4 Å². The minimum atomic E-state index is -0.817. The van der Waals surface area contributed by atoms with Crippen LogP contribution in [0.15, 0.2) is 72.8 Å². The second-order valence-corrected chi connectivity index (χ2v) is 13.2. The molecule has 6 rings (SSSR count). The van der Waals surface area contributed by atoms with Crippen molar-refractivity contribution in [1.29, 1.82) is 0 Å². The van der Waals surface area contributed by atoms with Gasteiger partial charge in [-0.15, -0.1) is 0 Å². The highest BCUT2D eigenvalue weighted by molar-refractivity contribution is 7.22. The minimum absolute atomic E-state index is 0.0356. The van der Waals surface area contributed by atoms with Crippen LogP contribution in [-0.4, -0.2) is 87.6 Å². The number of nitrogen functional groups attached to an aromatic ring is 1. The number of anilines is 2. The summed E-state index contributed by atoms with van der Waals surface area (Å²) in [5, 5.41) is 9.27. The summed E-state index contributed by atoms with van der Waals surface area (Å²) in [5.41, 5.74) is 9.82. The van der Waals surface area contributed by atoms with Gasteiger partial charge in [0, 0.05) is 32.2 Å². The molecule has 13 nitrogen and oxygen atoms in total. The number of piperazine rings is 1. The average Bonchev–Trinajstić information content (AvgIpc) is 3.65. The van der Waals surface area contributed by atoms with Crippen molar-refractivity contribution in [2.45, 2.75) is 51.5 Å². The maximum absolute atomic E-state index is 14.3. The van der Waals surface area contributed by atoms with Gasteiger partial charge in [0.05, 0.1) is 23.3 Å². The molecule has 0 unspecified atom stereocenters. The molecule has 4 N–H and O–H groups in total. The second-order valence-electron chi connectivity index (χ2n) is 12.1. The molecule has 3 aromatic carbocycles. The maximum Gasteiger partial charge on any atom is 0.411 e. The summed E-state index contributed by atoms with van der Waals surface area (Å²) in [5.74, 6) is -0.432. The van der Waals surface area contributed by atoms with Crippen LogP contribution in [0.4, 0.5) is 20.4 Å². The lowest BCUT2D eigenvalue weighted by Crippen LogP contribution is -2.65. The molecule has 0 radical (unpaired) electrons. The molecule has 2 saturated heterocycles. The molecule has 0 aliphatic carbocycles. The highest BCUT2D eigenvalue weighted by atomic mass is 32.1. The summed E-state index contributed by atoms with van der Waals surface area (Å²) in [7, 11) is 1.64. The Morgan fingerprint density at radius 1 is 1.04 bits per heavy atom. The predicted octanol–water partition coefficient (Wildman–Crippen LogP) is 4.41. The van der Waals surface area contributed by atoms with Gasteiger partial charge in [-0.1, -0.05) is 79.3 Å². The number of carbonyl (C=O) groups excluding carboxylic acids is 4. The smallest absolute Gasteiger partial charge is 0.411 e. The lowest BCUT2D eigenvalue weighted by molar-refractivity contribution is -0.157. The van der Waals surface area contributed by atoms with Gasteiger partial charge in [-0.05, 0) is 41.3 Å². The van der Waals surface area contributed by atoms with Gasteiger partial charge in [0.15, 0.2) is 5.13 Å². The number of nitrogens with one attached hydrogen (secondary N) is 2. The van der Waals surface area contributed by atoms with Crippen molar-refractivity contribution in [2.24, 2.45) is 0 Å². The van der Waals surface area contributed by atoms with Crippen LogP contribution in [0.1, 0.15) is 36.5 Å². The molecule has 2 aliphatic heterocycles. The Kier molecular flexibility index (Phi) is 10.3. The average molecular weight is 685 g/mol. The van der Waals surface area contributed by atoms with Gasteiger partial charge in [0.1, 0.15) is 18.8 Å². The first-order chi connectivity index (χ1) is 23.7. The monoisotopic (exact) mass is 684 g/mol. The highest BCUT2D eigenvalue weighted by Gasteiger charge is 2.51. The van der Waals surface area contributed by atoms with E-state index in [4.69, 9.17) is 10.5 Å². The Hall–Kier alpha value is -5.21. The second kappa shape index (κ2) is 14.9. The number of aromatic nitrogens is 1. The third kappa shape index (κ3) is 7.60. The summed E-state index contributed by atoms with van der Waals surface area (Å²) in [4.78, 5) is 61.2. The molecule has 0 spiro atoms. The topological polar surface area (TPSA) is 153 Å². The highest BCUT2D eigenvalue weighted by Crippen LogP contribution is 2.32. The fourth-order valence-electron chi connectivity index (χ4n) is 6.23. The zero-order valence-electron chi connectivity index (χ0n) is 27.5. The molecule has 49 heavy (non-hydrogen) atoms. The number of amides is 5. The van der Waals surface area contributed by atoms with Crippen LogP contribution in [-0.2, 0) is 33.9 Å². The van der Waals surface area contributed by atoms with Crippen molar-refractivity contribution in [2.75, 3.05) is 37.7 Å². The van der Waals surface area contributed by atoms with Crippen molar-refractivity contribution >= 4 is 56.3 Å². The first-order valence-corrected chi connectivity index (χ1v) is 17.1. The van der Waals surface area contributed by atoms with E-state index in [0.29, 0.717) is 17.4 Å². The molecule has 1 aromatic heterocycles. The number of urea groups is 1. The third-order valence-corrected chi connectivity index (χ3v) is 9.62. The van der Waals surface area contributed by atoms with E-state index in [1.54, 1.807) is 34.0 Å². The van der Waals surface area contributed by atoms with E-state index in [2.05, 4.69) is 15.6 Å². The third-order valence-electron chi connectivity index (χ3n) is 8.77. The Bertz CT molecular complexity index is 1820. The molecular weight excluding hydrogens is 645 g/mol. The number of benzene rings is 3. The molecule has 256 valence electrons. The lowest BCUT2D eigenvalue weighted by Gasteiger charge is -2.45. The lowest BCUT2D eigenvalue weighted by atomic mass is 9.99. The zero-order chi connectivity index (χ0) is 34.5. The van der Waals surface area contributed by atoms with Crippen LogP contribution in [0.3, 0.4) is 0 Å². The Labute approximate surface area is 288 Å².